The summed E-state index contributed by atoms with van der Waals surface area (Å²) in [5, 5.41) is 0. The first-order valence-electron chi connectivity index (χ1n) is 9.54. The van der Waals surface area contributed by atoms with Crippen molar-refractivity contribution in [2.75, 3.05) is 13.1 Å². The average molecular weight is 378 g/mol. The van der Waals surface area contributed by atoms with E-state index in [1.165, 1.54) is 10.1 Å². The highest BCUT2D eigenvalue weighted by Crippen LogP contribution is 2.27. The number of carbonyl (C=O) groups is 1. The molecule has 2 aromatic heterocycles. The molecule has 1 amide bonds. The molecule has 7 nitrogen and oxygen atoms in total. The van der Waals surface area contributed by atoms with Crippen LogP contribution >= 0.6 is 0 Å². The summed E-state index contributed by atoms with van der Waals surface area (Å²) in [6.45, 7) is 3.58. The van der Waals surface area contributed by atoms with Crippen molar-refractivity contribution in [3.8, 4) is 0 Å². The van der Waals surface area contributed by atoms with Gasteiger partial charge in [0.2, 0.25) is 0 Å². The number of aromatic amines is 1. The van der Waals surface area contributed by atoms with Crippen LogP contribution in [0.25, 0.3) is 11.0 Å². The van der Waals surface area contributed by atoms with Gasteiger partial charge in [-0.25, -0.2) is 0 Å². The number of benzene rings is 1. The van der Waals surface area contributed by atoms with Gasteiger partial charge in [0.25, 0.3) is 5.91 Å². The molecule has 0 unspecified atom stereocenters. The van der Waals surface area contributed by atoms with E-state index in [9.17, 15) is 14.4 Å². The molecule has 0 saturated carbocycles. The van der Waals surface area contributed by atoms with Crippen LogP contribution in [-0.4, -0.2) is 38.4 Å². The van der Waals surface area contributed by atoms with Crippen LogP contribution in [0.3, 0.4) is 0 Å². The number of hydrogen-bond acceptors (Lipinski definition) is 4. The predicted octanol–water partition coefficient (Wildman–Crippen LogP) is 2.12. The number of piperidine rings is 1. The highest BCUT2D eigenvalue weighted by molar-refractivity contribution is 5.97. The van der Waals surface area contributed by atoms with Gasteiger partial charge in [-0.2, -0.15) is 0 Å². The molecule has 0 spiro atoms. The quantitative estimate of drug-likeness (QED) is 0.707. The van der Waals surface area contributed by atoms with Crippen molar-refractivity contribution < 1.29 is 4.79 Å². The lowest BCUT2D eigenvalue weighted by Gasteiger charge is -2.33. The van der Waals surface area contributed by atoms with Gasteiger partial charge in [0.15, 0.2) is 0 Å². The van der Waals surface area contributed by atoms with Gasteiger partial charge in [-0.05, 0) is 55.7 Å². The van der Waals surface area contributed by atoms with E-state index in [-0.39, 0.29) is 5.91 Å². The molecule has 0 radical (unpaired) electrons. The Hall–Kier alpha value is -3.22. The lowest BCUT2D eigenvalue weighted by molar-refractivity contribution is 0.0707. The van der Waals surface area contributed by atoms with Gasteiger partial charge in [0, 0.05) is 43.5 Å². The minimum atomic E-state index is -0.672. The SMILES string of the molecule is CCn1c(=O)c(=O)[nH]c2cc(C(=O)N3CCC[C@@H](c4ccncc4)C3)ccc21. The number of amides is 1. The van der Waals surface area contributed by atoms with Gasteiger partial charge in [-0.15, -0.1) is 0 Å². The molecular formula is C21H22N4O3. The Kier molecular flexibility index (Phi) is 4.81. The van der Waals surface area contributed by atoms with Gasteiger partial charge in [-0.1, -0.05) is 0 Å². The second-order valence-electron chi connectivity index (χ2n) is 7.11. The normalized spacial score (nSPS) is 17.0. The molecule has 28 heavy (non-hydrogen) atoms. The molecule has 144 valence electrons. The number of pyridine rings is 1. The molecule has 1 saturated heterocycles. The number of rotatable bonds is 3. The second kappa shape index (κ2) is 7.42. The van der Waals surface area contributed by atoms with E-state index in [1.807, 2.05) is 24.0 Å². The summed E-state index contributed by atoms with van der Waals surface area (Å²) < 4.78 is 1.42. The number of hydrogen-bond donors (Lipinski definition) is 1. The first kappa shape index (κ1) is 18.2. The summed E-state index contributed by atoms with van der Waals surface area (Å²) in [5.41, 5.74) is 1.58. The topological polar surface area (TPSA) is 88.1 Å². The van der Waals surface area contributed by atoms with Crippen LogP contribution in [-0.2, 0) is 6.54 Å². The Morgan fingerprint density at radius 1 is 1.21 bits per heavy atom. The molecule has 1 N–H and O–H groups in total. The van der Waals surface area contributed by atoms with Crippen molar-refractivity contribution in [3.05, 3.63) is 74.6 Å². The van der Waals surface area contributed by atoms with Crippen molar-refractivity contribution in [2.24, 2.45) is 0 Å². The maximum Gasteiger partial charge on any atom is 0.316 e. The molecule has 0 bridgehead atoms. The van der Waals surface area contributed by atoms with E-state index in [4.69, 9.17) is 0 Å². The van der Waals surface area contributed by atoms with Gasteiger partial charge in [0.05, 0.1) is 11.0 Å². The van der Waals surface area contributed by atoms with Crippen LogP contribution in [0.2, 0.25) is 0 Å². The fourth-order valence-corrected chi connectivity index (χ4v) is 3.98. The third-order valence-electron chi connectivity index (χ3n) is 5.42. The molecule has 4 rings (SSSR count). The van der Waals surface area contributed by atoms with Gasteiger partial charge in [0.1, 0.15) is 0 Å². The maximum atomic E-state index is 13.1. The Labute approximate surface area is 161 Å². The number of nitrogens with zero attached hydrogens (tertiary/aromatic N) is 3. The van der Waals surface area contributed by atoms with E-state index in [0.29, 0.717) is 42.1 Å². The number of fused-ring (bicyclic) bond motifs is 1. The predicted molar refractivity (Wildman–Crippen MR) is 107 cm³/mol. The first-order chi connectivity index (χ1) is 13.6. The lowest BCUT2D eigenvalue weighted by atomic mass is 9.91. The standard InChI is InChI=1S/C21H22N4O3/c1-2-25-18-6-5-15(12-17(18)23-19(26)21(25)28)20(27)24-11-3-4-16(13-24)14-7-9-22-10-8-14/h5-10,12,16H,2-4,11,13H2,1H3,(H,23,26)/t16-/m1/s1. The smallest absolute Gasteiger partial charge is 0.316 e. The number of H-pyrrole nitrogens is 1. The molecule has 1 aliphatic rings. The van der Waals surface area contributed by atoms with Crippen molar-refractivity contribution in [3.63, 3.8) is 0 Å². The zero-order valence-electron chi connectivity index (χ0n) is 15.7. The zero-order chi connectivity index (χ0) is 19.7. The van der Waals surface area contributed by atoms with Crippen LogP contribution in [0, 0.1) is 0 Å². The summed E-state index contributed by atoms with van der Waals surface area (Å²) in [5.74, 6) is 0.238. The summed E-state index contributed by atoms with van der Waals surface area (Å²) in [4.78, 5) is 45.5. The third kappa shape index (κ3) is 3.24. The molecule has 3 aromatic rings. The molecule has 1 fully saturated rings. The molecule has 3 heterocycles. The number of nitrogens with one attached hydrogen (secondary N) is 1. The van der Waals surface area contributed by atoms with Crippen LogP contribution < -0.4 is 11.1 Å². The minimum Gasteiger partial charge on any atom is -0.338 e. The average Bonchev–Trinajstić information content (AvgIpc) is 2.74. The number of aryl methyl sites for hydroxylation is 1. The number of likely N-dealkylation sites (tertiary alicyclic amines) is 1. The van der Waals surface area contributed by atoms with Crippen LogP contribution in [0.5, 0.6) is 0 Å². The largest absolute Gasteiger partial charge is 0.338 e. The third-order valence-corrected chi connectivity index (χ3v) is 5.42. The van der Waals surface area contributed by atoms with E-state index in [0.717, 1.165) is 12.8 Å². The van der Waals surface area contributed by atoms with E-state index >= 15 is 0 Å². The summed E-state index contributed by atoms with van der Waals surface area (Å²) >= 11 is 0. The Bertz CT molecular complexity index is 1130. The maximum absolute atomic E-state index is 13.1. The molecule has 1 aliphatic heterocycles. The van der Waals surface area contributed by atoms with Gasteiger partial charge >= 0.3 is 11.1 Å². The van der Waals surface area contributed by atoms with Crippen molar-refractivity contribution >= 4 is 16.9 Å². The summed E-state index contributed by atoms with van der Waals surface area (Å²) in [6, 6.07) is 9.13. The van der Waals surface area contributed by atoms with E-state index in [1.54, 1.807) is 30.6 Å². The first-order valence-corrected chi connectivity index (χ1v) is 9.54. The molecule has 0 aliphatic carbocycles. The van der Waals surface area contributed by atoms with Crippen molar-refractivity contribution in [1.29, 1.82) is 0 Å². The van der Waals surface area contributed by atoms with Crippen LogP contribution in [0.4, 0.5) is 0 Å². The lowest BCUT2D eigenvalue weighted by Crippen LogP contribution is -2.39. The minimum absolute atomic E-state index is 0.0595. The second-order valence-corrected chi connectivity index (χ2v) is 7.11. The summed E-state index contributed by atoms with van der Waals surface area (Å²) in [6.07, 6.45) is 5.55. The molecule has 1 aromatic carbocycles. The molecule has 1 atom stereocenters. The highest BCUT2D eigenvalue weighted by Gasteiger charge is 2.25. The number of aromatic nitrogens is 3. The zero-order valence-corrected chi connectivity index (χ0v) is 15.7. The van der Waals surface area contributed by atoms with E-state index < -0.39 is 11.1 Å². The van der Waals surface area contributed by atoms with Gasteiger partial charge in [-0.3, -0.25) is 19.4 Å². The van der Waals surface area contributed by atoms with Crippen molar-refractivity contribution in [2.45, 2.75) is 32.2 Å². The van der Waals surface area contributed by atoms with Gasteiger partial charge < -0.3 is 14.5 Å². The fourth-order valence-electron chi connectivity index (χ4n) is 3.98. The monoisotopic (exact) mass is 378 g/mol. The Balaban J connectivity index is 1.64. The molecular weight excluding hydrogens is 356 g/mol. The molecule has 7 heteroatoms. The van der Waals surface area contributed by atoms with Crippen molar-refractivity contribution in [1.82, 2.24) is 19.4 Å². The summed E-state index contributed by atoms with van der Waals surface area (Å²) in [7, 11) is 0. The highest BCUT2D eigenvalue weighted by atomic mass is 16.2. The Morgan fingerprint density at radius 3 is 2.75 bits per heavy atom. The fraction of sp³-hybridized carbons (Fsp3) is 0.333. The number of carbonyl (C=O) groups excluding carboxylic acids is 1. The Morgan fingerprint density at radius 2 is 2.00 bits per heavy atom. The van der Waals surface area contributed by atoms with Crippen LogP contribution in [0.1, 0.15) is 41.6 Å². The van der Waals surface area contributed by atoms with E-state index in [2.05, 4.69) is 9.97 Å². The van der Waals surface area contributed by atoms with Crippen LogP contribution in [0.15, 0.2) is 52.3 Å².